The highest BCUT2D eigenvalue weighted by Gasteiger charge is 2.14. The lowest BCUT2D eigenvalue weighted by molar-refractivity contribution is 0.195. The van der Waals surface area contributed by atoms with Gasteiger partial charge in [-0.2, -0.15) is 0 Å². The summed E-state index contributed by atoms with van der Waals surface area (Å²) in [5.74, 6) is 0.140. The standard InChI is InChI=1S/C18H23NO2/c1-13(2)19(12-15-7-5-4-6-8-15)16-9-10-17(14(3)20)18(21)11-16/h4-11,13-14,20-21H,12H2,1-3H3. The number of benzene rings is 2. The molecule has 1 unspecified atom stereocenters. The minimum Gasteiger partial charge on any atom is -0.507 e. The van der Waals surface area contributed by atoms with Crippen LogP contribution in [0.4, 0.5) is 5.69 Å². The van der Waals surface area contributed by atoms with Crippen LogP contribution in [0.15, 0.2) is 48.5 Å². The number of phenolic OH excluding ortho intramolecular Hbond substituents is 1. The Bertz CT molecular complexity index is 579. The minimum absolute atomic E-state index is 0.140. The zero-order valence-electron chi connectivity index (χ0n) is 12.8. The van der Waals surface area contributed by atoms with E-state index in [1.54, 1.807) is 19.1 Å². The van der Waals surface area contributed by atoms with Gasteiger partial charge in [-0.1, -0.05) is 36.4 Å². The van der Waals surface area contributed by atoms with Crippen molar-refractivity contribution in [2.45, 2.75) is 39.5 Å². The number of nitrogens with zero attached hydrogens (tertiary/aromatic N) is 1. The maximum Gasteiger partial charge on any atom is 0.123 e. The second-order valence-corrected chi connectivity index (χ2v) is 5.63. The lowest BCUT2D eigenvalue weighted by Crippen LogP contribution is -2.30. The molecule has 2 rings (SSSR count). The van der Waals surface area contributed by atoms with E-state index in [-0.39, 0.29) is 5.75 Å². The van der Waals surface area contributed by atoms with Crippen molar-refractivity contribution in [3.05, 3.63) is 59.7 Å². The van der Waals surface area contributed by atoms with E-state index in [2.05, 4.69) is 30.9 Å². The van der Waals surface area contributed by atoms with E-state index in [0.29, 0.717) is 11.6 Å². The summed E-state index contributed by atoms with van der Waals surface area (Å²) in [6, 6.07) is 16.0. The van der Waals surface area contributed by atoms with Gasteiger partial charge >= 0.3 is 0 Å². The largest absolute Gasteiger partial charge is 0.507 e. The molecule has 0 fully saturated rings. The van der Waals surface area contributed by atoms with Gasteiger partial charge in [-0.3, -0.25) is 0 Å². The molecule has 0 spiro atoms. The average Bonchev–Trinajstić information content (AvgIpc) is 2.45. The van der Waals surface area contributed by atoms with Gasteiger partial charge in [-0.15, -0.1) is 0 Å². The zero-order valence-corrected chi connectivity index (χ0v) is 12.8. The Morgan fingerprint density at radius 1 is 1.00 bits per heavy atom. The third-order valence-electron chi connectivity index (χ3n) is 3.61. The Balaban J connectivity index is 2.28. The Kier molecular flexibility index (Phi) is 4.86. The molecule has 2 aromatic rings. The van der Waals surface area contributed by atoms with Gasteiger partial charge in [0, 0.05) is 29.9 Å². The van der Waals surface area contributed by atoms with Crippen LogP contribution in [0.2, 0.25) is 0 Å². The monoisotopic (exact) mass is 285 g/mol. The molecule has 2 aromatic carbocycles. The number of aliphatic hydroxyl groups is 1. The molecule has 0 aromatic heterocycles. The van der Waals surface area contributed by atoms with Crippen molar-refractivity contribution in [1.82, 2.24) is 0 Å². The van der Waals surface area contributed by atoms with Gasteiger partial charge in [0.2, 0.25) is 0 Å². The van der Waals surface area contributed by atoms with Crippen LogP contribution in [0.25, 0.3) is 0 Å². The fourth-order valence-electron chi connectivity index (χ4n) is 2.42. The Morgan fingerprint density at radius 3 is 2.19 bits per heavy atom. The average molecular weight is 285 g/mol. The van der Waals surface area contributed by atoms with Crippen LogP contribution in [-0.2, 0) is 6.54 Å². The third-order valence-corrected chi connectivity index (χ3v) is 3.61. The first-order chi connectivity index (χ1) is 9.99. The number of aromatic hydroxyl groups is 1. The molecule has 0 heterocycles. The zero-order chi connectivity index (χ0) is 15.4. The van der Waals surface area contributed by atoms with Crippen molar-refractivity contribution >= 4 is 5.69 Å². The Hall–Kier alpha value is -2.00. The van der Waals surface area contributed by atoms with E-state index in [1.165, 1.54) is 5.56 Å². The second-order valence-electron chi connectivity index (χ2n) is 5.63. The van der Waals surface area contributed by atoms with Crippen molar-refractivity contribution in [3.8, 4) is 5.75 Å². The number of rotatable bonds is 5. The molecule has 1 atom stereocenters. The molecule has 0 saturated carbocycles. The summed E-state index contributed by atoms with van der Waals surface area (Å²) in [6.07, 6.45) is -0.666. The summed E-state index contributed by atoms with van der Waals surface area (Å²) < 4.78 is 0. The first-order valence-electron chi connectivity index (χ1n) is 7.30. The fourth-order valence-corrected chi connectivity index (χ4v) is 2.42. The van der Waals surface area contributed by atoms with Gasteiger partial charge in [0.15, 0.2) is 0 Å². The van der Waals surface area contributed by atoms with E-state index in [1.807, 2.05) is 24.3 Å². The predicted molar refractivity (Wildman–Crippen MR) is 86.5 cm³/mol. The molecule has 0 amide bonds. The highest BCUT2D eigenvalue weighted by molar-refractivity contribution is 5.54. The van der Waals surface area contributed by atoms with Crippen LogP contribution < -0.4 is 4.90 Å². The van der Waals surface area contributed by atoms with Gasteiger partial charge < -0.3 is 15.1 Å². The summed E-state index contributed by atoms with van der Waals surface area (Å²) in [6.45, 7) is 6.69. The third kappa shape index (κ3) is 3.76. The van der Waals surface area contributed by atoms with E-state index in [0.717, 1.165) is 12.2 Å². The first kappa shape index (κ1) is 15.4. The van der Waals surface area contributed by atoms with Crippen LogP contribution in [0.5, 0.6) is 5.75 Å². The molecule has 0 bridgehead atoms. The molecule has 2 N–H and O–H groups in total. The molecule has 0 aliphatic carbocycles. The molecule has 0 radical (unpaired) electrons. The molecule has 112 valence electrons. The second kappa shape index (κ2) is 6.64. The molecular formula is C18H23NO2. The summed E-state index contributed by atoms with van der Waals surface area (Å²) >= 11 is 0. The van der Waals surface area contributed by atoms with Gasteiger partial charge in [0.1, 0.15) is 5.75 Å². The number of anilines is 1. The maximum atomic E-state index is 10.1. The summed E-state index contributed by atoms with van der Waals surface area (Å²) in [5.41, 5.74) is 2.74. The smallest absolute Gasteiger partial charge is 0.123 e. The van der Waals surface area contributed by atoms with Crippen molar-refractivity contribution in [2.75, 3.05) is 4.90 Å². The summed E-state index contributed by atoms with van der Waals surface area (Å²) in [4.78, 5) is 2.22. The lowest BCUT2D eigenvalue weighted by atomic mass is 10.1. The van der Waals surface area contributed by atoms with Crippen molar-refractivity contribution in [2.24, 2.45) is 0 Å². The van der Waals surface area contributed by atoms with Gasteiger partial charge in [0.25, 0.3) is 0 Å². The van der Waals surface area contributed by atoms with Gasteiger partial charge in [-0.25, -0.2) is 0 Å². The highest BCUT2D eigenvalue weighted by atomic mass is 16.3. The van der Waals surface area contributed by atoms with Crippen molar-refractivity contribution in [3.63, 3.8) is 0 Å². The molecule has 0 saturated heterocycles. The van der Waals surface area contributed by atoms with E-state index in [9.17, 15) is 10.2 Å². The van der Waals surface area contributed by atoms with Crippen LogP contribution in [-0.4, -0.2) is 16.3 Å². The van der Waals surface area contributed by atoms with Gasteiger partial charge in [-0.05, 0) is 32.4 Å². The summed E-state index contributed by atoms with van der Waals surface area (Å²) in [7, 11) is 0. The molecule has 3 nitrogen and oxygen atoms in total. The predicted octanol–water partition coefficient (Wildman–Crippen LogP) is 3.86. The SMILES string of the molecule is CC(O)c1ccc(N(Cc2ccccc2)C(C)C)cc1O. The molecule has 21 heavy (non-hydrogen) atoms. The first-order valence-corrected chi connectivity index (χ1v) is 7.30. The molecular weight excluding hydrogens is 262 g/mol. The number of hydrogen-bond acceptors (Lipinski definition) is 3. The van der Waals surface area contributed by atoms with Crippen LogP contribution >= 0.6 is 0 Å². The Labute approximate surface area is 126 Å². The van der Waals surface area contributed by atoms with Gasteiger partial charge in [0.05, 0.1) is 6.10 Å². The fraction of sp³-hybridized carbons (Fsp3) is 0.333. The minimum atomic E-state index is -0.666. The van der Waals surface area contributed by atoms with Crippen molar-refractivity contribution < 1.29 is 10.2 Å². The lowest BCUT2D eigenvalue weighted by Gasteiger charge is -2.29. The maximum absolute atomic E-state index is 10.1. The molecule has 0 aliphatic rings. The highest BCUT2D eigenvalue weighted by Crippen LogP contribution is 2.30. The number of hydrogen-bond donors (Lipinski definition) is 2. The normalized spacial score (nSPS) is 12.4. The van der Waals surface area contributed by atoms with Crippen LogP contribution in [0.3, 0.4) is 0 Å². The van der Waals surface area contributed by atoms with Crippen molar-refractivity contribution in [1.29, 1.82) is 0 Å². The van der Waals surface area contributed by atoms with E-state index >= 15 is 0 Å². The van der Waals surface area contributed by atoms with Crippen LogP contribution in [0.1, 0.15) is 38.0 Å². The topological polar surface area (TPSA) is 43.7 Å². The summed E-state index contributed by atoms with van der Waals surface area (Å²) in [5, 5.41) is 19.7. The van der Waals surface area contributed by atoms with E-state index < -0.39 is 6.10 Å². The number of aliphatic hydroxyl groups excluding tert-OH is 1. The molecule has 3 heteroatoms. The quantitative estimate of drug-likeness (QED) is 0.876. The molecule has 0 aliphatic heterocycles. The number of phenols is 1. The van der Waals surface area contributed by atoms with E-state index in [4.69, 9.17) is 0 Å². The van der Waals surface area contributed by atoms with Crippen LogP contribution in [0, 0.1) is 0 Å². The Morgan fingerprint density at radius 2 is 1.67 bits per heavy atom.